The number of rotatable bonds is 4. The molecule has 1 heterocycles. The Morgan fingerprint density at radius 1 is 1.38 bits per heavy atom. The molecular weight excluding hydrogens is 267 g/mol. The lowest BCUT2D eigenvalue weighted by Crippen LogP contribution is -2.42. The van der Waals surface area contributed by atoms with Crippen LogP contribution in [0.1, 0.15) is 44.0 Å². The number of anilines is 1. The average Bonchev–Trinajstić information content (AvgIpc) is 2.48. The van der Waals surface area contributed by atoms with Crippen LogP contribution in [0.4, 0.5) is 10.1 Å². The Hall–Kier alpha value is -1.58. The number of amides is 1. The zero-order valence-electron chi connectivity index (χ0n) is 13.2. The van der Waals surface area contributed by atoms with E-state index in [0.29, 0.717) is 29.6 Å². The SMILES string of the molecule is CCCNc1c(F)cccc1C(=O)N1CCC(C)C(C)C1. The van der Waals surface area contributed by atoms with Crippen molar-refractivity contribution in [3.63, 3.8) is 0 Å². The molecule has 3 nitrogen and oxygen atoms in total. The topological polar surface area (TPSA) is 32.3 Å². The third-order valence-corrected chi connectivity index (χ3v) is 4.42. The second-order valence-corrected chi connectivity index (χ2v) is 6.08. The van der Waals surface area contributed by atoms with Crippen LogP contribution >= 0.6 is 0 Å². The van der Waals surface area contributed by atoms with Gasteiger partial charge in [0.1, 0.15) is 5.82 Å². The highest BCUT2D eigenvalue weighted by molar-refractivity contribution is 5.99. The number of carbonyl (C=O) groups is 1. The van der Waals surface area contributed by atoms with Gasteiger partial charge in [0.15, 0.2) is 0 Å². The molecule has 116 valence electrons. The van der Waals surface area contributed by atoms with Crippen molar-refractivity contribution in [3.05, 3.63) is 29.6 Å². The van der Waals surface area contributed by atoms with Crippen molar-refractivity contribution in [2.45, 2.75) is 33.6 Å². The number of benzene rings is 1. The van der Waals surface area contributed by atoms with Crippen LogP contribution in [0.15, 0.2) is 18.2 Å². The summed E-state index contributed by atoms with van der Waals surface area (Å²) in [5.41, 5.74) is 0.792. The molecule has 2 atom stereocenters. The minimum Gasteiger partial charge on any atom is -0.382 e. The highest BCUT2D eigenvalue weighted by Gasteiger charge is 2.28. The minimum absolute atomic E-state index is 0.0631. The molecule has 1 aromatic rings. The third kappa shape index (κ3) is 3.55. The first-order chi connectivity index (χ1) is 10.0. The second kappa shape index (κ2) is 6.92. The Bertz CT molecular complexity index is 504. The lowest BCUT2D eigenvalue weighted by molar-refractivity contribution is 0.0628. The monoisotopic (exact) mass is 292 g/mol. The maximum atomic E-state index is 14.0. The van der Waals surface area contributed by atoms with Crippen molar-refractivity contribution >= 4 is 11.6 Å². The van der Waals surface area contributed by atoms with Gasteiger partial charge in [0.05, 0.1) is 11.3 Å². The molecule has 1 fully saturated rings. The summed E-state index contributed by atoms with van der Waals surface area (Å²) in [5, 5.41) is 3.05. The quantitative estimate of drug-likeness (QED) is 0.916. The Kier molecular flexibility index (Phi) is 5.21. The molecule has 0 bridgehead atoms. The fraction of sp³-hybridized carbons (Fsp3) is 0.588. The van der Waals surface area contributed by atoms with E-state index < -0.39 is 0 Å². The average molecular weight is 292 g/mol. The zero-order valence-corrected chi connectivity index (χ0v) is 13.2. The maximum absolute atomic E-state index is 14.0. The van der Waals surface area contributed by atoms with E-state index >= 15 is 0 Å². The molecule has 0 saturated carbocycles. The van der Waals surface area contributed by atoms with Crippen molar-refractivity contribution in [1.29, 1.82) is 0 Å². The molecule has 1 aliphatic rings. The largest absolute Gasteiger partial charge is 0.382 e. The maximum Gasteiger partial charge on any atom is 0.256 e. The number of carbonyl (C=O) groups excluding carboxylic acids is 1. The molecular formula is C17H25FN2O. The van der Waals surface area contributed by atoms with Crippen molar-refractivity contribution in [2.75, 3.05) is 25.0 Å². The van der Waals surface area contributed by atoms with Gasteiger partial charge < -0.3 is 10.2 Å². The lowest BCUT2D eigenvalue weighted by atomic mass is 9.88. The van der Waals surface area contributed by atoms with Gasteiger partial charge in [-0.3, -0.25) is 4.79 Å². The summed E-state index contributed by atoms with van der Waals surface area (Å²) in [5.74, 6) is 0.710. The molecule has 0 aliphatic carbocycles. The number of nitrogens with zero attached hydrogens (tertiary/aromatic N) is 1. The number of halogens is 1. The summed E-state index contributed by atoms with van der Waals surface area (Å²) in [7, 11) is 0. The van der Waals surface area contributed by atoms with Crippen molar-refractivity contribution in [3.8, 4) is 0 Å². The molecule has 21 heavy (non-hydrogen) atoms. The standard InChI is InChI=1S/C17H25FN2O/c1-4-9-19-16-14(6-5-7-15(16)18)17(21)20-10-8-12(2)13(3)11-20/h5-7,12-13,19H,4,8-11H2,1-3H3. The van der Waals surface area contributed by atoms with Crippen LogP contribution in [0.25, 0.3) is 0 Å². The predicted molar refractivity (Wildman–Crippen MR) is 84.0 cm³/mol. The van der Waals surface area contributed by atoms with Gasteiger partial charge >= 0.3 is 0 Å². The summed E-state index contributed by atoms with van der Waals surface area (Å²) < 4.78 is 14.0. The Balaban J connectivity index is 2.20. The van der Waals surface area contributed by atoms with Crippen LogP contribution in [0.2, 0.25) is 0 Å². The smallest absolute Gasteiger partial charge is 0.256 e. The molecule has 0 spiro atoms. The molecule has 0 radical (unpaired) electrons. The van der Waals surface area contributed by atoms with Gasteiger partial charge in [-0.1, -0.05) is 26.8 Å². The second-order valence-electron chi connectivity index (χ2n) is 6.08. The highest BCUT2D eigenvalue weighted by Crippen LogP contribution is 2.26. The zero-order chi connectivity index (χ0) is 15.4. The van der Waals surface area contributed by atoms with Crippen LogP contribution in [0.5, 0.6) is 0 Å². The summed E-state index contributed by atoms with van der Waals surface area (Å²) in [6.07, 6.45) is 1.90. The van der Waals surface area contributed by atoms with Crippen molar-refractivity contribution in [1.82, 2.24) is 4.90 Å². The van der Waals surface area contributed by atoms with Gasteiger partial charge in [-0.25, -0.2) is 4.39 Å². The van der Waals surface area contributed by atoms with E-state index in [1.165, 1.54) is 6.07 Å². The molecule has 1 aromatic carbocycles. The van der Waals surface area contributed by atoms with Crippen LogP contribution in [-0.2, 0) is 0 Å². The summed E-state index contributed by atoms with van der Waals surface area (Å²) in [6, 6.07) is 4.72. The first-order valence-electron chi connectivity index (χ1n) is 7.86. The molecule has 2 unspecified atom stereocenters. The van der Waals surface area contributed by atoms with Crippen LogP contribution in [-0.4, -0.2) is 30.4 Å². The van der Waals surface area contributed by atoms with Crippen LogP contribution in [0.3, 0.4) is 0 Å². The van der Waals surface area contributed by atoms with Gasteiger partial charge in [0.25, 0.3) is 5.91 Å². The van der Waals surface area contributed by atoms with Crippen LogP contribution < -0.4 is 5.32 Å². The molecule has 0 aromatic heterocycles. The van der Waals surface area contributed by atoms with E-state index in [1.54, 1.807) is 12.1 Å². The number of hydrogen-bond acceptors (Lipinski definition) is 2. The molecule has 1 N–H and O–H groups in total. The molecule has 2 rings (SSSR count). The molecule has 4 heteroatoms. The summed E-state index contributed by atoms with van der Waals surface area (Å²) in [4.78, 5) is 14.6. The van der Waals surface area contributed by atoms with E-state index in [2.05, 4.69) is 19.2 Å². The van der Waals surface area contributed by atoms with E-state index in [9.17, 15) is 9.18 Å². The first kappa shape index (κ1) is 15.8. The van der Waals surface area contributed by atoms with Gasteiger partial charge in [-0.15, -0.1) is 0 Å². The van der Waals surface area contributed by atoms with Gasteiger partial charge in [-0.2, -0.15) is 0 Å². The third-order valence-electron chi connectivity index (χ3n) is 4.42. The van der Waals surface area contributed by atoms with E-state index in [1.807, 2.05) is 11.8 Å². The van der Waals surface area contributed by atoms with Gasteiger partial charge in [0.2, 0.25) is 0 Å². The van der Waals surface area contributed by atoms with Crippen LogP contribution in [0, 0.1) is 17.7 Å². The van der Waals surface area contributed by atoms with Crippen molar-refractivity contribution in [2.24, 2.45) is 11.8 Å². The highest BCUT2D eigenvalue weighted by atomic mass is 19.1. The summed E-state index contributed by atoms with van der Waals surface area (Å²) >= 11 is 0. The van der Waals surface area contributed by atoms with E-state index in [4.69, 9.17) is 0 Å². The first-order valence-corrected chi connectivity index (χ1v) is 7.86. The van der Waals surface area contributed by atoms with E-state index in [-0.39, 0.29) is 11.7 Å². The minimum atomic E-state index is -0.354. The normalized spacial score (nSPS) is 22.2. The number of hydrogen-bond donors (Lipinski definition) is 1. The fourth-order valence-electron chi connectivity index (χ4n) is 2.75. The van der Waals surface area contributed by atoms with Crippen molar-refractivity contribution < 1.29 is 9.18 Å². The van der Waals surface area contributed by atoms with Gasteiger partial charge in [-0.05, 0) is 36.8 Å². The Labute approximate surface area is 126 Å². The van der Waals surface area contributed by atoms with Gasteiger partial charge in [0, 0.05) is 19.6 Å². The Morgan fingerprint density at radius 3 is 2.81 bits per heavy atom. The lowest BCUT2D eigenvalue weighted by Gasteiger charge is -2.35. The Morgan fingerprint density at radius 2 is 2.14 bits per heavy atom. The number of likely N-dealkylation sites (tertiary alicyclic amines) is 1. The molecule has 1 amide bonds. The van der Waals surface area contributed by atoms with E-state index in [0.717, 1.165) is 25.9 Å². The number of para-hydroxylation sites is 1. The number of nitrogens with one attached hydrogen (secondary N) is 1. The predicted octanol–water partition coefficient (Wildman–Crippen LogP) is 3.77. The molecule has 1 aliphatic heterocycles. The molecule has 1 saturated heterocycles. The summed E-state index contributed by atoms with van der Waals surface area (Å²) in [6.45, 7) is 8.59. The number of piperidine rings is 1. The fourth-order valence-corrected chi connectivity index (χ4v) is 2.75.